The first-order valence-electron chi connectivity index (χ1n) is 7.14. The molecular formula is C19H20. The van der Waals surface area contributed by atoms with Crippen LogP contribution in [0.15, 0.2) is 71.8 Å². The van der Waals surface area contributed by atoms with Crippen LogP contribution in [0.5, 0.6) is 0 Å². The molecular weight excluding hydrogens is 228 g/mol. The first-order chi connectivity index (χ1) is 9.36. The largest absolute Gasteiger partial charge is 0.0732 e. The van der Waals surface area contributed by atoms with Gasteiger partial charge in [-0.3, -0.25) is 0 Å². The first-order valence-corrected chi connectivity index (χ1v) is 7.14. The molecule has 0 aliphatic heterocycles. The molecule has 0 amide bonds. The molecule has 0 saturated heterocycles. The van der Waals surface area contributed by atoms with Crippen LogP contribution in [0.25, 0.3) is 0 Å². The Labute approximate surface area is 115 Å². The van der Waals surface area contributed by atoms with Crippen molar-refractivity contribution in [1.29, 1.82) is 0 Å². The minimum atomic E-state index is 0.449. The van der Waals surface area contributed by atoms with Crippen molar-refractivity contribution in [2.45, 2.75) is 32.1 Å². The third-order valence-electron chi connectivity index (χ3n) is 4.16. The normalized spacial score (nSPS) is 15.3. The molecule has 3 rings (SSSR count). The predicted molar refractivity (Wildman–Crippen MR) is 81.3 cm³/mol. The zero-order valence-electron chi connectivity index (χ0n) is 11.5. The molecule has 0 atom stereocenters. The summed E-state index contributed by atoms with van der Waals surface area (Å²) >= 11 is 0. The highest BCUT2D eigenvalue weighted by atomic mass is 14.3. The van der Waals surface area contributed by atoms with E-state index < -0.39 is 0 Å². The molecule has 0 saturated carbocycles. The Bertz CT molecular complexity index is 524. The number of rotatable bonds is 3. The lowest BCUT2D eigenvalue weighted by atomic mass is 9.83. The zero-order valence-corrected chi connectivity index (χ0v) is 11.5. The molecule has 19 heavy (non-hydrogen) atoms. The summed E-state index contributed by atoms with van der Waals surface area (Å²) in [5.41, 5.74) is 6.07. The second-order valence-corrected chi connectivity index (χ2v) is 5.41. The predicted octanol–water partition coefficient (Wildman–Crippen LogP) is 5.32. The number of allylic oxidation sites excluding steroid dienone is 2. The Morgan fingerprint density at radius 1 is 0.737 bits per heavy atom. The zero-order chi connectivity index (χ0) is 13.1. The van der Waals surface area contributed by atoms with Crippen molar-refractivity contribution in [1.82, 2.24) is 0 Å². The van der Waals surface area contributed by atoms with Gasteiger partial charge in [-0.25, -0.2) is 0 Å². The maximum atomic E-state index is 2.31. The average Bonchev–Trinajstić information content (AvgIpc) is 2.88. The van der Waals surface area contributed by atoms with Crippen LogP contribution in [0, 0.1) is 0 Å². The third-order valence-corrected chi connectivity index (χ3v) is 4.16. The SMILES string of the molecule is CC1=C(C(c2ccccc2)c2ccccc2)CCC1. The minimum absolute atomic E-state index is 0.449. The molecule has 96 valence electrons. The summed E-state index contributed by atoms with van der Waals surface area (Å²) in [5.74, 6) is 0.449. The second kappa shape index (κ2) is 5.44. The van der Waals surface area contributed by atoms with E-state index in [2.05, 4.69) is 67.6 Å². The molecule has 1 aliphatic rings. The van der Waals surface area contributed by atoms with Crippen molar-refractivity contribution in [3.63, 3.8) is 0 Å². The lowest BCUT2D eigenvalue weighted by Crippen LogP contribution is -2.04. The fraction of sp³-hybridized carbons (Fsp3) is 0.263. The lowest BCUT2D eigenvalue weighted by molar-refractivity contribution is 0.838. The van der Waals surface area contributed by atoms with Gasteiger partial charge in [0.25, 0.3) is 0 Å². The Morgan fingerprint density at radius 2 is 1.26 bits per heavy atom. The molecule has 0 bridgehead atoms. The Hall–Kier alpha value is -1.82. The minimum Gasteiger partial charge on any atom is -0.0732 e. The van der Waals surface area contributed by atoms with E-state index >= 15 is 0 Å². The first kappa shape index (κ1) is 12.2. The molecule has 0 unspecified atom stereocenters. The van der Waals surface area contributed by atoms with Crippen LogP contribution in [-0.2, 0) is 0 Å². The van der Waals surface area contributed by atoms with Gasteiger partial charge in [0.05, 0.1) is 0 Å². The van der Waals surface area contributed by atoms with Gasteiger partial charge in [-0.15, -0.1) is 0 Å². The van der Waals surface area contributed by atoms with Gasteiger partial charge >= 0.3 is 0 Å². The van der Waals surface area contributed by atoms with E-state index in [1.165, 1.54) is 30.4 Å². The molecule has 0 radical (unpaired) electrons. The van der Waals surface area contributed by atoms with Crippen LogP contribution in [0.1, 0.15) is 43.2 Å². The molecule has 0 heteroatoms. The van der Waals surface area contributed by atoms with Crippen LogP contribution in [0.3, 0.4) is 0 Å². The van der Waals surface area contributed by atoms with Gasteiger partial charge in [-0.1, -0.05) is 71.8 Å². The van der Waals surface area contributed by atoms with Gasteiger partial charge in [0.2, 0.25) is 0 Å². The van der Waals surface area contributed by atoms with Gasteiger partial charge in [0.1, 0.15) is 0 Å². The number of hydrogen-bond donors (Lipinski definition) is 0. The standard InChI is InChI=1S/C19H20/c1-15-9-8-14-18(15)19(16-10-4-2-5-11-16)17-12-6-3-7-13-17/h2-7,10-13,19H,8-9,14H2,1H3. The van der Waals surface area contributed by atoms with Crippen molar-refractivity contribution in [3.8, 4) is 0 Å². The van der Waals surface area contributed by atoms with Gasteiger partial charge in [0.15, 0.2) is 0 Å². The van der Waals surface area contributed by atoms with E-state index in [0.29, 0.717) is 5.92 Å². The summed E-state index contributed by atoms with van der Waals surface area (Å²) in [7, 11) is 0. The van der Waals surface area contributed by atoms with Crippen LogP contribution < -0.4 is 0 Å². The summed E-state index contributed by atoms with van der Waals surface area (Å²) in [6.45, 7) is 2.31. The van der Waals surface area contributed by atoms with Gasteiger partial charge < -0.3 is 0 Å². The quantitative estimate of drug-likeness (QED) is 0.645. The summed E-state index contributed by atoms with van der Waals surface area (Å²) in [5, 5.41) is 0. The van der Waals surface area contributed by atoms with E-state index in [1.54, 1.807) is 11.1 Å². The topological polar surface area (TPSA) is 0 Å². The summed E-state index contributed by atoms with van der Waals surface area (Å²) in [6.07, 6.45) is 3.84. The number of benzene rings is 2. The van der Waals surface area contributed by atoms with Crippen molar-refractivity contribution in [2.75, 3.05) is 0 Å². The highest BCUT2D eigenvalue weighted by molar-refractivity contribution is 5.43. The molecule has 2 aromatic carbocycles. The Morgan fingerprint density at radius 3 is 1.68 bits per heavy atom. The summed E-state index contributed by atoms with van der Waals surface area (Å²) < 4.78 is 0. The van der Waals surface area contributed by atoms with Crippen molar-refractivity contribution in [3.05, 3.63) is 82.9 Å². The Kier molecular flexibility index (Phi) is 3.50. The van der Waals surface area contributed by atoms with Crippen LogP contribution in [0.4, 0.5) is 0 Å². The molecule has 0 spiro atoms. The van der Waals surface area contributed by atoms with Crippen LogP contribution in [0.2, 0.25) is 0 Å². The smallest absolute Gasteiger partial charge is 0.0301 e. The average molecular weight is 248 g/mol. The van der Waals surface area contributed by atoms with Crippen molar-refractivity contribution < 1.29 is 0 Å². The van der Waals surface area contributed by atoms with Crippen molar-refractivity contribution in [2.24, 2.45) is 0 Å². The summed E-state index contributed by atoms with van der Waals surface area (Å²) in [6, 6.07) is 21.8. The fourth-order valence-electron chi connectivity index (χ4n) is 3.19. The van der Waals surface area contributed by atoms with E-state index in [-0.39, 0.29) is 0 Å². The van der Waals surface area contributed by atoms with E-state index in [0.717, 1.165) is 0 Å². The fourth-order valence-corrected chi connectivity index (χ4v) is 3.19. The van der Waals surface area contributed by atoms with Gasteiger partial charge in [-0.05, 0) is 37.3 Å². The van der Waals surface area contributed by atoms with Gasteiger partial charge in [-0.2, -0.15) is 0 Å². The second-order valence-electron chi connectivity index (χ2n) is 5.41. The maximum Gasteiger partial charge on any atom is 0.0301 e. The third kappa shape index (κ3) is 2.49. The maximum absolute atomic E-state index is 2.31. The van der Waals surface area contributed by atoms with Crippen LogP contribution in [-0.4, -0.2) is 0 Å². The monoisotopic (exact) mass is 248 g/mol. The van der Waals surface area contributed by atoms with E-state index in [1.807, 2.05) is 0 Å². The molecule has 0 heterocycles. The highest BCUT2D eigenvalue weighted by Gasteiger charge is 2.23. The molecule has 2 aromatic rings. The highest BCUT2D eigenvalue weighted by Crippen LogP contribution is 2.40. The number of hydrogen-bond acceptors (Lipinski definition) is 0. The molecule has 0 N–H and O–H groups in total. The Balaban J connectivity index is 2.09. The van der Waals surface area contributed by atoms with E-state index in [9.17, 15) is 0 Å². The molecule has 0 fully saturated rings. The molecule has 0 aromatic heterocycles. The van der Waals surface area contributed by atoms with Crippen molar-refractivity contribution >= 4 is 0 Å². The lowest BCUT2D eigenvalue weighted by Gasteiger charge is -2.21. The van der Waals surface area contributed by atoms with E-state index in [4.69, 9.17) is 0 Å². The molecule has 1 aliphatic carbocycles. The van der Waals surface area contributed by atoms with Crippen LogP contribution >= 0.6 is 0 Å². The summed E-state index contributed by atoms with van der Waals surface area (Å²) in [4.78, 5) is 0. The molecule has 0 nitrogen and oxygen atoms in total. The van der Waals surface area contributed by atoms with Gasteiger partial charge in [0, 0.05) is 5.92 Å².